The third kappa shape index (κ3) is 3.70. The van der Waals surface area contributed by atoms with Crippen LogP contribution in [-0.4, -0.2) is 5.11 Å². The van der Waals surface area contributed by atoms with E-state index in [9.17, 15) is 9.50 Å². The highest BCUT2D eigenvalue weighted by atomic mass is 19.1. The molecular formula is C19H23FO. The van der Waals surface area contributed by atoms with Crippen molar-refractivity contribution in [2.75, 3.05) is 0 Å². The standard InChI is InChI=1S/C19H23FO/c1-13-9-10-15(20)11-14(13)12-18(21)16-7-5-6-8-17(16)19(2,3)4/h5-11,18,21H,12H2,1-4H3. The van der Waals surface area contributed by atoms with Crippen LogP contribution in [0.3, 0.4) is 0 Å². The second-order valence-corrected chi connectivity index (χ2v) is 6.63. The van der Waals surface area contributed by atoms with Gasteiger partial charge in [-0.1, -0.05) is 51.1 Å². The Labute approximate surface area is 126 Å². The van der Waals surface area contributed by atoms with Crippen LogP contribution in [0.15, 0.2) is 42.5 Å². The predicted octanol–water partition coefficient (Wildman–Crippen LogP) is 4.71. The second-order valence-electron chi connectivity index (χ2n) is 6.63. The van der Waals surface area contributed by atoms with Gasteiger partial charge in [0, 0.05) is 6.42 Å². The average molecular weight is 286 g/mol. The Morgan fingerprint density at radius 3 is 2.43 bits per heavy atom. The summed E-state index contributed by atoms with van der Waals surface area (Å²) >= 11 is 0. The molecule has 0 saturated carbocycles. The molecule has 1 unspecified atom stereocenters. The minimum absolute atomic E-state index is 0.0332. The van der Waals surface area contributed by atoms with Crippen LogP contribution in [0, 0.1) is 12.7 Å². The summed E-state index contributed by atoms with van der Waals surface area (Å²) in [4.78, 5) is 0. The Morgan fingerprint density at radius 1 is 1.10 bits per heavy atom. The van der Waals surface area contributed by atoms with Gasteiger partial charge in [-0.05, 0) is 46.7 Å². The number of rotatable bonds is 3. The summed E-state index contributed by atoms with van der Waals surface area (Å²) in [6.07, 6.45) is -0.197. The van der Waals surface area contributed by atoms with Crippen molar-refractivity contribution < 1.29 is 9.50 Å². The van der Waals surface area contributed by atoms with E-state index in [0.717, 1.165) is 22.3 Å². The number of hydrogen-bond acceptors (Lipinski definition) is 1. The Morgan fingerprint density at radius 2 is 1.76 bits per heavy atom. The smallest absolute Gasteiger partial charge is 0.123 e. The van der Waals surface area contributed by atoms with Crippen molar-refractivity contribution in [1.29, 1.82) is 0 Å². The van der Waals surface area contributed by atoms with E-state index in [2.05, 4.69) is 26.8 Å². The lowest BCUT2D eigenvalue weighted by Gasteiger charge is -2.25. The lowest BCUT2D eigenvalue weighted by molar-refractivity contribution is 0.175. The Kier molecular flexibility index (Phi) is 4.48. The largest absolute Gasteiger partial charge is 0.388 e. The van der Waals surface area contributed by atoms with Gasteiger partial charge in [0.1, 0.15) is 5.82 Å². The first kappa shape index (κ1) is 15.7. The first-order chi connectivity index (χ1) is 9.79. The normalized spacial score (nSPS) is 13.2. The van der Waals surface area contributed by atoms with Gasteiger partial charge in [0.15, 0.2) is 0 Å². The summed E-state index contributed by atoms with van der Waals surface area (Å²) in [6.45, 7) is 8.33. The van der Waals surface area contributed by atoms with Gasteiger partial charge in [-0.15, -0.1) is 0 Å². The van der Waals surface area contributed by atoms with Gasteiger partial charge in [0.05, 0.1) is 6.10 Å². The van der Waals surface area contributed by atoms with Crippen molar-refractivity contribution in [2.45, 2.75) is 45.6 Å². The van der Waals surface area contributed by atoms with Crippen LogP contribution in [0.25, 0.3) is 0 Å². The van der Waals surface area contributed by atoms with E-state index in [-0.39, 0.29) is 11.2 Å². The lowest BCUT2D eigenvalue weighted by Crippen LogP contribution is -2.17. The number of aliphatic hydroxyl groups excluding tert-OH is 1. The molecule has 2 heteroatoms. The Balaban J connectivity index is 2.33. The third-order valence-electron chi connectivity index (χ3n) is 3.85. The number of aliphatic hydroxyl groups is 1. The quantitative estimate of drug-likeness (QED) is 0.866. The molecule has 0 fully saturated rings. The molecule has 2 aromatic carbocycles. The highest BCUT2D eigenvalue weighted by molar-refractivity contribution is 5.36. The lowest BCUT2D eigenvalue weighted by atomic mass is 9.81. The molecule has 0 radical (unpaired) electrons. The molecule has 0 spiro atoms. The maximum absolute atomic E-state index is 13.4. The second kappa shape index (κ2) is 5.98. The van der Waals surface area contributed by atoms with Crippen molar-refractivity contribution in [3.63, 3.8) is 0 Å². The van der Waals surface area contributed by atoms with Crippen LogP contribution in [0.2, 0.25) is 0 Å². The van der Waals surface area contributed by atoms with E-state index in [4.69, 9.17) is 0 Å². The SMILES string of the molecule is Cc1ccc(F)cc1CC(O)c1ccccc1C(C)(C)C. The van der Waals surface area contributed by atoms with Crippen molar-refractivity contribution in [3.05, 3.63) is 70.5 Å². The minimum Gasteiger partial charge on any atom is -0.388 e. The van der Waals surface area contributed by atoms with Gasteiger partial charge in [0.2, 0.25) is 0 Å². The zero-order chi connectivity index (χ0) is 15.6. The molecule has 0 aromatic heterocycles. The third-order valence-corrected chi connectivity index (χ3v) is 3.85. The average Bonchev–Trinajstić information content (AvgIpc) is 2.42. The minimum atomic E-state index is -0.624. The van der Waals surface area contributed by atoms with E-state index < -0.39 is 6.10 Å². The molecule has 0 saturated heterocycles. The van der Waals surface area contributed by atoms with Gasteiger partial charge in [-0.3, -0.25) is 0 Å². The molecular weight excluding hydrogens is 263 g/mol. The fraction of sp³-hybridized carbons (Fsp3) is 0.368. The summed E-state index contributed by atoms with van der Waals surface area (Å²) in [5, 5.41) is 10.6. The van der Waals surface area contributed by atoms with Crippen molar-refractivity contribution in [2.24, 2.45) is 0 Å². The summed E-state index contributed by atoms with van der Waals surface area (Å²) < 4.78 is 13.4. The van der Waals surface area contributed by atoms with E-state index >= 15 is 0 Å². The molecule has 112 valence electrons. The maximum atomic E-state index is 13.4. The molecule has 0 aliphatic heterocycles. The summed E-state index contributed by atoms with van der Waals surface area (Å²) in [5.41, 5.74) is 3.88. The molecule has 21 heavy (non-hydrogen) atoms. The molecule has 1 N–H and O–H groups in total. The van der Waals surface area contributed by atoms with Gasteiger partial charge < -0.3 is 5.11 Å². The van der Waals surface area contributed by atoms with Gasteiger partial charge in [-0.25, -0.2) is 4.39 Å². The predicted molar refractivity (Wildman–Crippen MR) is 84.9 cm³/mol. The first-order valence-electron chi connectivity index (χ1n) is 7.31. The summed E-state index contributed by atoms with van der Waals surface area (Å²) in [5.74, 6) is -0.257. The highest BCUT2D eigenvalue weighted by Crippen LogP contribution is 2.31. The summed E-state index contributed by atoms with van der Waals surface area (Å²) in [7, 11) is 0. The fourth-order valence-corrected chi connectivity index (χ4v) is 2.65. The van der Waals surface area contributed by atoms with E-state index in [1.54, 1.807) is 6.07 Å². The topological polar surface area (TPSA) is 20.2 Å². The number of halogens is 1. The Hall–Kier alpha value is -1.67. The molecule has 0 bridgehead atoms. The van der Waals surface area contributed by atoms with Crippen molar-refractivity contribution in [3.8, 4) is 0 Å². The van der Waals surface area contributed by atoms with Crippen LogP contribution in [0.1, 0.15) is 49.1 Å². The molecule has 0 aliphatic carbocycles. The van der Waals surface area contributed by atoms with Crippen molar-refractivity contribution >= 4 is 0 Å². The van der Waals surface area contributed by atoms with Crippen LogP contribution in [0.5, 0.6) is 0 Å². The van der Waals surface area contributed by atoms with Gasteiger partial charge >= 0.3 is 0 Å². The van der Waals surface area contributed by atoms with E-state index in [0.29, 0.717) is 6.42 Å². The monoisotopic (exact) mass is 286 g/mol. The van der Waals surface area contributed by atoms with Crippen LogP contribution < -0.4 is 0 Å². The molecule has 0 amide bonds. The maximum Gasteiger partial charge on any atom is 0.123 e. The van der Waals surface area contributed by atoms with Gasteiger partial charge in [0.25, 0.3) is 0 Å². The van der Waals surface area contributed by atoms with Crippen LogP contribution in [0.4, 0.5) is 4.39 Å². The zero-order valence-corrected chi connectivity index (χ0v) is 13.2. The zero-order valence-electron chi connectivity index (χ0n) is 13.2. The molecule has 0 heterocycles. The Bertz CT molecular complexity index is 626. The van der Waals surface area contributed by atoms with Crippen LogP contribution in [-0.2, 0) is 11.8 Å². The molecule has 1 nitrogen and oxygen atoms in total. The van der Waals surface area contributed by atoms with E-state index in [1.165, 1.54) is 12.1 Å². The first-order valence-corrected chi connectivity index (χ1v) is 7.31. The highest BCUT2D eigenvalue weighted by Gasteiger charge is 2.21. The van der Waals surface area contributed by atoms with Crippen LogP contribution >= 0.6 is 0 Å². The van der Waals surface area contributed by atoms with E-state index in [1.807, 2.05) is 25.1 Å². The number of hydrogen-bond donors (Lipinski definition) is 1. The molecule has 1 atom stereocenters. The molecule has 2 rings (SSSR count). The number of aryl methyl sites for hydroxylation is 1. The molecule has 0 aliphatic rings. The fourth-order valence-electron chi connectivity index (χ4n) is 2.65. The van der Waals surface area contributed by atoms with Crippen molar-refractivity contribution in [1.82, 2.24) is 0 Å². The molecule has 2 aromatic rings. The van der Waals surface area contributed by atoms with Gasteiger partial charge in [-0.2, -0.15) is 0 Å². The summed E-state index contributed by atoms with van der Waals surface area (Å²) in [6, 6.07) is 12.7. The number of benzene rings is 2.